The fraction of sp³-hybridized carbons (Fsp3) is 0.400. The minimum atomic E-state index is -1.08. The maximum absolute atomic E-state index is 10.1. The van der Waals surface area contributed by atoms with Gasteiger partial charge in [0.25, 0.3) is 0 Å². The Bertz CT molecular complexity index is 155. The molecule has 0 radical (unpaired) electrons. The summed E-state index contributed by atoms with van der Waals surface area (Å²) in [6.45, 7) is 0. The molecule has 0 aliphatic heterocycles. The van der Waals surface area contributed by atoms with Crippen LogP contribution in [0.4, 0.5) is 0 Å². The number of carbonyl (C=O) groups is 1. The van der Waals surface area contributed by atoms with Crippen LogP contribution in [-0.4, -0.2) is 17.1 Å². The number of carboxylic acid groups (broad SMARTS) is 1. The molecule has 5 nitrogen and oxygen atoms in total. The topological polar surface area (TPSA) is 115 Å². The van der Waals surface area contributed by atoms with E-state index in [1.54, 1.807) is 0 Å². The summed E-state index contributed by atoms with van der Waals surface area (Å²) in [4.78, 5) is 10.1. The lowest BCUT2D eigenvalue weighted by molar-refractivity contribution is -0.138. The van der Waals surface area contributed by atoms with Gasteiger partial charge < -0.3 is 22.3 Å². The van der Waals surface area contributed by atoms with Crippen LogP contribution in [-0.2, 0) is 4.79 Å². The number of rotatable bonds is 3. The smallest absolute Gasteiger partial charge is 0.320 e. The van der Waals surface area contributed by atoms with Crippen molar-refractivity contribution in [2.75, 3.05) is 0 Å². The molecule has 5 heteroatoms. The van der Waals surface area contributed by atoms with Crippen LogP contribution in [0.25, 0.3) is 0 Å². The standard InChI is InChI=1S/C5H11N3O2/c6-2-3(7)1-4(8)5(9)10/h2,4H,1,6-8H2,(H,9,10)/b3-2-. The van der Waals surface area contributed by atoms with Gasteiger partial charge in [-0.15, -0.1) is 0 Å². The van der Waals surface area contributed by atoms with Crippen molar-refractivity contribution in [2.45, 2.75) is 12.5 Å². The van der Waals surface area contributed by atoms with E-state index in [1.807, 2.05) is 0 Å². The fourth-order valence-electron chi connectivity index (χ4n) is 0.409. The summed E-state index contributed by atoms with van der Waals surface area (Å²) in [5.74, 6) is -1.08. The first-order chi connectivity index (χ1) is 4.57. The van der Waals surface area contributed by atoms with Crippen molar-refractivity contribution in [3.05, 3.63) is 11.9 Å². The molecule has 7 N–H and O–H groups in total. The summed E-state index contributed by atoms with van der Waals surface area (Å²) in [5.41, 5.74) is 15.6. The second-order valence-corrected chi connectivity index (χ2v) is 1.89. The van der Waals surface area contributed by atoms with Crippen LogP contribution in [0.15, 0.2) is 11.9 Å². The lowest BCUT2D eigenvalue weighted by atomic mass is 10.2. The van der Waals surface area contributed by atoms with Crippen LogP contribution in [0, 0.1) is 0 Å². The molecule has 0 fully saturated rings. The van der Waals surface area contributed by atoms with Gasteiger partial charge in [-0.05, 0) is 0 Å². The van der Waals surface area contributed by atoms with Gasteiger partial charge in [-0.25, -0.2) is 0 Å². The van der Waals surface area contributed by atoms with E-state index in [-0.39, 0.29) is 12.1 Å². The van der Waals surface area contributed by atoms with E-state index in [1.165, 1.54) is 0 Å². The van der Waals surface area contributed by atoms with Crippen LogP contribution in [0.1, 0.15) is 6.42 Å². The van der Waals surface area contributed by atoms with Crippen molar-refractivity contribution in [3.8, 4) is 0 Å². The van der Waals surface area contributed by atoms with Crippen LogP contribution < -0.4 is 17.2 Å². The maximum atomic E-state index is 10.1. The van der Waals surface area contributed by atoms with E-state index in [2.05, 4.69) is 0 Å². The highest BCUT2D eigenvalue weighted by atomic mass is 16.4. The van der Waals surface area contributed by atoms with Gasteiger partial charge in [-0.1, -0.05) is 0 Å². The second-order valence-electron chi connectivity index (χ2n) is 1.89. The third kappa shape index (κ3) is 2.93. The summed E-state index contributed by atoms with van der Waals surface area (Å²) in [7, 11) is 0. The van der Waals surface area contributed by atoms with Crippen molar-refractivity contribution in [1.82, 2.24) is 0 Å². The van der Waals surface area contributed by atoms with Crippen molar-refractivity contribution in [2.24, 2.45) is 17.2 Å². The number of aliphatic carboxylic acids is 1. The SMILES string of the molecule is N/C=C(\N)CC(N)C(=O)O. The minimum Gasteiger partial charge on any atom is -0.480 e. The summed E-state index contributed by atoms with van der Waals surface area (Å²) < 4.78 is 0. The number of hydrogen-bond donors (Lipinski definition) is 4. The summed E-state index contributed by atoms with van der Waals surface area (Å²) in [6.07, 6.45) is 1.23. The van der Waals surface area contributed by atoms with Crippen LogP contribution in [0.3, 0.4) is 0 Å². The first-order valence-electron chi connectivity index (χ1n) is 2.72. The van der Waals surface area contributed by atoms with Gasteiger partial charge in [0, 0.05) is 18.3 Å². The van der Waals surface area contributed by atoms with Gasteiger partial charge >= 0.3 is 5.97 Å². The van der Waals surface area contributed by atoms with E-state index in [0.29, 0.717) is 0 Å². The Labute approximate surface area is 58.5 Å². The third-order valence-corrected chi connectivity index (χ3v) is 0.987. The zero-order chi connectivity index (χ0) is 8.15. The number of nitrogens with two attached hydrogens (primary N) is 3. The van der Waals surface area contributed by atoms with E-state index in [4.69, 9.17) is 22.3 Å². The molecule has 0 amide bonds. The molecule has 58 valence electrons. The molecule has 0 aromatic rings. The predicted molar refractivity (Wildman–Crippen MR) is 36.7 cm³/mol. The van der Waals surface area contributed by atoms with E-state index < -0.39 is 12.0 Å². The molecule has 0 heterocycles. The second kappa shape index (κ2) is 3.73. The highest BCUT2D eigenvalue weighted by Gasteiger charge is 2.11. The van der Waals surface area contributed by atoms with E-state index in [9.17, 15) is 4.79 Å². The molecular formula is C5H11N3O2. The number of hydrogen-bond acceptors (Lipinski definition) is 4. The first-order valence-corrected chi connectivity index (χ1v) is 2.72. The van der Waals surface area contributed by atoms with Crippen LogP contribution >= 0.6 is 0 Å². The normalized spacial score (nSPS) is 14.7. The maximum Gasteiger partial charge on any atom is 0.320 e. The van der Waals surface area contributed by atoms with Gasteiger partial charge in [-0.3, -0.25) is 4.79 Å². The molecule has 0 aromatic carbocycles. The Kier molecular flexibility index (Phi) is 3.27. The Hall–Kier alpha value is -1.23. The monoisotopic (exact) mass is 145 g/mol. The highest BCUT2D eigenvalue weighted by Crippen LogP contribution is 1.94. The lowest BCUT2D eigenvalue weighted by Crippen LogP contribution is -2.31. The van der Waals surface area contributed by atoms with Crippen LogP contribution in [0.5, 0.6) is 0 Å². The van der Waals surface area contributed by atoms with Crippen molar-refractivity contribution < 1.29 is 9.90 Å². The van der Waals surface area contributed by atoms with Crippen molar-refractivity contribution in [1.29, 1.82) is 0 Å². The molecule has 0 bridgehead atoms. The Morgan fingerprint density at radius 3 is 2.50 bits per heavy atom. The van der Waals surface area contributed by atoms with Gasteiger partial charge in [0.15, 0.2) is 0 Å². The molecule has 1 atom stereocenters. The molecule has 0 aliphatic carbocycles. The average Bonchev–Trinajstić information content (AvgIpc) is 1.87. The van der Waals surface area contributed by atoms with Crippen molar-refractivity contribution in [3.63, 3.8) is 0 Å². The molecule has 10 heavy (non-hydrogen) atoms. The zero-order valence-corrected chi connectivity index (χ0v) is 5.45. The molecule has 0 rings (SSSR count). The van der Waals surface area contributed by atoms with E-state index >= 15 is 0 Å². The Balaban J connectivity index is 3.80. The highest BCUT2D eigenvalue weighted by molar-refractivity contribution is 5.73. The van der Waals surface area contributed by atoms with Gasteiger partial charge in [0.1, 0.15) is 6.04 Å². The van der Waals surface area contributed by atoms with Crippen molar-refractivity contribution >= 4 is 5.97 Å². The van der Waals surface area contributed by atoms with Crippen LogP contribution in [0.2, 0.25) is 0 Å². The van der Waals surface area contributed by atoms with Gasteiger partial charge in [0.05, 0.1) is 0 Å². The molecular weight excluding hydrogens is 134 g/mol. The number of carboxylic acids is 1. The predicted octanol–water partition coefficient (Wildman–Crippen LogP) is -1.45. The minimum absolute atomic E-state index is 0.0891. The first kappa shape index (κ1) is 8.77. The quantitative estimate of drug-likeness (QED) is 0.387. The Morgan fingerprint density at radius 2 is 2.20 bits per heavy atom. The molecule has 0 aliphatic rings. The lowest BCUT2D eigenvalue weighted by Gasteiger charge is -2.04. The third-order valence-electron chi connectivity index (χ3n) is 0.987. The zero-order valence-electron chi connectivity index (χ0n) is 5.45. The molecule has 1 unspecified atom stereocenters. The molecule has 0 aromatic heterocycles. The molecule has 0 saturated carbocycles. The van der Waals surface area contributed by atoms with E-state index in [0.717, 1.165) is 6.20 Å². The summed E-state index contributed by atoms with van der Waals surface area (Å²) in [6, 6.07) is -0.959. The summed E-state index contributed by atoms with van der Waals surface area (Å²) in [5, 5.41) is 8.28. The van der Waals surface area contributed by atoms with Gasteiger partial charge in [-0.2, -0.15) is 0 Å². The summed E-state index contributed by atoms with van der Waals surface area (Å²) >= 11 is 0. The van der Waals surface area contributed by atoms with Gasteiger partial charge in [0.2, 0.25) is 0 Å². The molecule has 0 spiro atoms. The molecule has 0 saturated heterocycles. The largest absolute Gasteiger partial charge is 0.480 e. The average molecular weight is 145 g/mol. The Morgan fingerprint density at radius 1 is 1.70 bits per heavy atom. The fourth-order valence-corrected chi connectivity index (χ4v) is 0.409.